The van der Waals surface area contributed by atoms with Crippen molar-refractivity contribution in [3.05, 3.63) is 292 Å². The Kier molecular flexibility index (Phi) is 13.9. The monoisotopic (exact) mass is 1050 g/mol. The minimum atomic E-state index is -0.559. The first-order valence-electron chi connectivity index (χ1n) is 28.5. The van der Waals surface area contributed by atoms with E-state index in [1.54, 1.807) is 0 Å². The number of anilines is 3. The van der Waals surface area contributed by atoms with Gasteiger partial charge in [-0.05, 0) is 121 Å². The van der Waals surface area contributed by atoms with E-state index in [4.69, 9.17) is 0 Å². The van der Waals surface area contributed by atoms with Crippen molar-refractivity contribution in [3.63, 3.8) is 0 Å². The van der Waals surface area contributed by atoms with Gasteiger partial charge in [-0.25, -0.2) is 0 Å². The maximum Gasteiger partial charge on any atom is 0.0736 e. The van der Waals surface area contributed by atoms with Crippen molar-refractivity contribution in [3.8, 4) is 11.1 Å². The average molecular weight is 1060 g/mol. The molecule has 0 bridgehead atoms. The second kappa shape index (κ2) is 21.3. The summed E-state index contributed by atoms with van der Waals surface area (Å²) in [5.74, 6) is 0. The number of para-hydroxylation sites is 2. The summed E-state index contributed by atoms with van der Waals surface area (Å²) >= 11 is 1.90. The summed E-state index contributed by atoms with van der Waals surface area (Å²) in [4.78, 5) is 2.63. The van der Waals surface area contributed by atoms with E-state index in [-0.39, 0.29) is 5.41 Å². The van der Waals surface area contributed by atoms with Crippen LogP contribution in [0.2, 0.25) is 0 Å². The summed E-state index contributed by atoms with van der Waals surface area (Å²) in [6.45, 7) is 20.6. The first kappa shape index (κ1) is 52.2. The predicted molar refractivity (Wildman–Crippen MR) is 347 cm³/mol. The minimum Gasteiger partial charge on any atom is -0.339 e. The molecule has 11 aromatic carbocycles. The highest BCUT2D eigenvalue weighted by Crippen LogP contribution is 2.60. The first-order valence-corrected chi connectivity index (χ1v) is 29.3. The Bertz CT molecular complexity index is 4310. The van der Waals surface area contributed by atoms with Gasteiger partial charge in [0.1, 0.15) is 0 Å². The normalized spacial score (nSPS) is 12.5. The molecule has 2 heterocycles. The molecule has 0 unspecified atom stereocenters. The molecule has 0 saturated heterocycles. The van der Waals surface area contributed by atoms with Crippen LogP contribution in [0.4, 0.5) is 17.1 Å². The lowest BCUT2D eigenvalue weighted by atomic mass is 9.67. The van der Waals surface area contributed by atoms with Crippen molar-refractivity contribution in [1.29, 1.82) is 0 Å². The summed E-state index contributed by atoms with van der Waals surface area (Å²) < 4.78 is 5.16. The van der Waals surface area contributed by atoms with E-state index in [0.29, 0.717) is 0 Å². The number of fused-ring (bicyclic) bond motifs is 11. The van der Waals surface area contributed by atoms with Gasteiger partial charge < -0.3 is 9.47 Å². The summed E-state index contributed by atoms with van der Waals surface area (Å²) in [6, 6.07) is 88.3. The van der Waals surface area contributed by atoms with Crippen LogP contribution in [0.1, 0.15) is 89.8 Å². The number of hydrogen-bond donors (Lipinski definition) is 0. The van der Waals surface area contributed by atoms with E-state index in [0.717, 1.165) is 13.0 Å². The van der Waals surface area contributed by atoms with Gasteiger partial charge in [0.05, 0.1) is 32.7 Å². The number of benzene rings is 11. The van der Waals surface area contributed by atoms with Crippen LogP contribution < -0.4 is 4.90 Å². The van der Waals surface area contributed by atoms with Gasteiger partial charge in [0, 0.05) is 43.7 Å². The molecule has 0 radical (unpaired) electrons. The zero-order valence-corrected chi connectivity index (χ0v) is 48.6. The minimum absolute atomic E-state index is 0.285. The van der Waals surface area contributed by atoms with E-state index in [2.05, 4.69) is 308 Å². The van der Waals surface area contributed by atoms with Gasteiger partial charge in [-0.15, -0.1) is 11.3 Å². The third-order valence-corrected chi connectivity index (χ3v) is 17.5. The molecule has 14 rings (SSSR count). The van der Waals surface area contributed by atoms with Crippen LogP contribution in [0, 0.1) is 34.6 Å². The molecule has 0 N–H and O–H groups in total. The Labute approximate surface area is 477 Å². The zero-order chi connectivity index (χ0) is 55.3. The summed E-state index contributed by atoms with van der Waals surface area (Å²) in [7, 11) is 0. The SMILES string of the molecule is CCCn1c2ccccc2c2cccc(N(c3cc4c(c5ccccc35)-c3ccc(C)cc3C4(c3ccccc3)c3ccccc3)c3cccc4c3sc3ccccc34)c21.Cc1cc(C)cc(C)c1.Cc1ccc(C(C)(C)C)cc1. The zero-order valence-electron chi connectivity index (χ0n) is 47.7. The second-order valence-corrected chi connectivity index (χ2v) is 24.2. The number of nitrogens with zero attached hydrogens (tertiary/aromatic N) is 2. The maximum absolute atomic E-state index is 2.63. The number of rotatable bonds is 7. The van der Waals surface area contributed by atoms with Crippen molar-refractivity contribution in [2.24, 2.45) is 0 Å². The summed E-state index contributed by atoms with van der Waals surface area (Å²) in [5, 5.41) is 7.65. The standard InChI is InChI=1S/C57H42N2S.C11H16.C9H12/c1-3-34-58-49-28-14-12-23-41(49)44-26-16-29-50(55(44)58)59(51-30-17-27-45-42-24-13-15-31-53(42)60-56(45)51)52-36-48-54(43-25-11-10-22-40(43)52)46-33-32-37(2)35-47(46)57(48,38-18-6-4-7-19-38)39-20-8-5-9-21-39;1-9-5-7-10(8-6-9)11(2,3)4;1-7-4-8(2)6-9(3)5-7/h4-33,35-36H,3,34H2,1-2H3;5-8H,1-4H3;4-6H,1-3H3. The Balaban J connectivity index is 0.000000269. The molecule has 0 aliphatic heterocycles. The van der Waals surface area contributed by atoms with Gasteiger partial charge in [-0.2, -0.15) is 0 Å². The highest BCUT2D eigenvalue weighted by atomic mass is 32.1. The van der Waals surface area contributed by atoms with Gasteiger partial charge in [0.25, 0.3) is 0 Å². The Morgan fingerprint density at radius 1 is 0.425 bits per heavy atom. The number of hydrogen-bond acceptors (Lipinski definition) is 2. The van der Waals surface area contributed by atoms with E-state index < -0.39 is 5.41 Å². The predicted octanol–water partition coefficient (Wildman–Crippen LogP) is 21.8. The second-order valence-electron chi connectivity index (χ2n) is 23.1. The fourth-order valence-electron chi connectivity index (χ4n) is 12.9. The molecule has 0 saturated carbocycles. The van der Waals surface area contributed by atoms with Crippen molar-refractivity contribution < 1.29 is 0 Å². The molecule has 0 atom stereocenters. The van der Waals surface area contributed by atoms with Crippen molar-refractivity contribution >= 4 is 81.1 Å². The van der Waals surface area contributed by atoms with Crippen LogP contribution in [0.3, 0.4) is 0 Å². The molecule has 394 valence electrons. The Morgan fingerprint density at radius 3 is 1.60 bits per heavy atom. The highest BCUT2D eigenvalue weighted by Gasteiger charge is 2.47. The van der Waals surface area contributed by atoms with Crippen LogP contribution in [0.25, 0.3) is 63.9 Å². The van der Waals surface area contributed by atoms with Gasteiger partial charge in [0.2, 0.25) is 0 Å². The molecule has 3 heteroatoms. The largest absolute Gasteiger partial charge is 0.339 e. The maximum atomic E-state index is 2.63. The number of aromatic nitrogens is 1. The molecule has 0 amide bonds. The lowest BCUT2D eigenvalue weighted by molar-refractivity contribution is 0.590. The van der Waals surface area contributed by atoms with E-state index in [9.17, 15) is 0 Å². The van der Waals surface area contributed by atoms with Crippen molar-refractivity contribution in [1.82, 2.24) is 4.57 Å². The molecule has 0 fully saturated rings. The van der Waals surface area contributed by atoms with E-state index in [1.165, 1.54) is 137 Å². The van der Waals surface area contributed by atoms with Crippen molar-refractivity contribution in [2.45, 2.75) is 86.1 Å². The van der Waals surface area contributed by atoms with Crippen LogP contribution in [-0.2, 0) is 17.4 Å². The molecule has 2 nitrogen and oxygen atoms in total. The van der Waals surface area contributed by atoms with Gasteiger partial charge in [-0.3, -0.25) is 0 Å². The Morgan fingerprint density at radius 2 is 0.963 bits per heavy atom. The topological polar surface area (TPSA) is 8.17 Å². The molecule has 80 heavy (non-hydrogen) atoms. The van der Waals surface area contributed by atoms with Crippen molar-refractivity contribution in [2.75, 3.05) is 4.90 Å². The molecular weight excluding hydrogens is 985 g/mol. The molecule has 1 aliphatic carbocycles. The fourth-order valence-corrected chi connectivity index (χ4v) is 14.1. The lowest BCUT2D eigenvalue weighted by Gasteiger charge is -2.35. The molecular formula is C77H70N2S. The highest BCUT2D eigenvalue weighted by molar-refractivity contribution is 7.26. The van der Waals surface area contributed by atoms with Gasteiger partial charge in [0.15, 0.2) is 0 Å². The number of aryl methyl sites for hydroxylation is 6. The van der Waals surface area contributed by atoms with E-state index >= 15 is 0 Å². The summed E-state index contributed by atoms with van der Waals surface area (Å²) in [5.41, 5.74) is 21.7. The molecule has 1 aliphatic rings. The molecule has 2 aromatic heterocycles. The Hall–Kier alpha value is -8.50. The van der Waals surface area contributed by atoms with Crippen LogP contribution >= 0.6 is 11.3 Å². The quantitative estimate of drug-likeness (QED) is 0.154. The van der Waals surface area contributed by atoms with Gasteiger partial charge in [-0.1, -0.05) is 262 Å². The average Bonchev–Trinajstić information content (AvgIpc) is 3.21. The third-order valence-electron chi connectivity index (χ3n) is 16.3. The number of thiophene rings is 1. The molecule has 0 spiro atoms. The van der Waals surface area contributed by atoms with E-state index in [1.807, 2.05) is 11.3 Å². The van der Waals surface area contributed by atoms with Crippen LogP contribution in [-0.4, -0.2) is 4.57 Å². The fraction of sp³-hybridized carbons (Fsp3) is 0.169. The summed E-state index contributed by atoms with van der Waals surface area (Å²) in [6.07, 6.45) is 1.03. The van der Waals surface area contributed by atoms with Crippen LogP contribution in [0.5, 0.6) is 0 Å². The lowest BCUT2D eigenvalue weighted by Crippen LogP contribution is -2.29. The van der Waals surface area contributed by atoms with Crippen LogP contribution in [0.15, 0.2) is 237 Å². The third kappa shape index (κ3) is 9.18. The van der Waals surface area contributed by atoms with Gasteiger partial charge >= 0.3 is 0 Å². The first-order chi connectivity index (χ1) is 38.8. The smallest absolute Gasteiger partial charge is 0.0736 e. The molecule has 13 aromatic rings.